The molecule has 0 amide bonds. The van der Waals surface area contributed by atoms with Crippen molar-refractivity contribution in [2.24, 2.45) is 0 Å². The molecular weight excluding hydrogens is 399 g/mol. The Hall–Kier alpha value is -1.45. The second kappa shape index (κ2) is 6.94. The van der Waals surface area contributed by atoms with E-state index in [0.29, 0.717) is 29.9 Å². The first kappa shape index (κ1) is 17.9. The van der Waals surface area contributed by atoms with Gasteiger partial charge in [-0.2, -0.15) is 4.31 Å². The molecule has 4 rings (SSSR count). The Labute approximate surface area is 161 Å². The normalized spacial score (nSPS) is 18.2. The third-order valence-electron chi connectivity index (χ3n) is 4.42. The van der Waals surface area contributed by atoms with Gasteiger partial charge in [-0.25, -0.2) is 18.4 Å². The van der Waals surface area contributed by atoms with Gasteiger partial charge in [0.05, 0.1) is 30.5 Å². The van der Waals surface area contributed by atoms with Gasteiger partial charge in [0.15, 0.2) is 0 Å². The molecule has 0 atom stereocenters. The molecule has 0 spiro atoms. The zero-order valence-corrected chi connectivity index (χ0v) is 16.1. The maximum Gasteiger partial charge on any atom is 0.245 e. The van der Waals surface area contributed by atoms with Crippen molar-refractivity contribution < 1.29 is 13.2 Å². The van der Waals surface area contributed by atoms with Crippen molar-refractivity contribution >= 4 is 39.2 Å². The second-order valence-corrected chi connectivity index (χ2v) is 8.84. The number of fused-ring (bicyclic) bond motifs is 1. The van der Waals surface area contributed by atoms with E-state index < -0.39 is 10.0 Å². The van der Waals surface area contributed by atoms with Crippen LogP contribution in [0.25, 0.3) is 0 Å². The first-order valence-corrected chi connectivity index (χ1v) is 10.3. The van der Waals surface area contributed by atoms with E-state index in [1.807, 2.05) is 4.90 Å². The average Bonchev–Trinajstić information content (AvgIpc) is 3.08. The molecule has 2 aliphatic rings. The third-order valence-corrected chi connectivity index (χ3v) is 6.93. The minimum absolute atomic E-state index is 0.000773. The van der Waals surface area contributed by atoms with Crippen LogP contribution in [0, 0.1) is 0 Å². The van der Waals surface area contributed by atoms with Crippen LogP contribution in [0.3, 0.4) is 0 Å². The number of hydrogen-bond donors (Lipinski definition) is 0. The van der Waals surface area contributed by atoms with E-state index in [4.69, 9.17) is 27.9 Å². The van der Waals surface area contributed by atoms with E-state index in [1.54, 1.807) is 12.3 Å². The van der Waals surface area contributed by atoms with Gasteiger partial charge >= 0.3 is 0 Å². The van der Waals surface area contributed by atoms with Gasteiger partial charge in [-0.05, 0) is 18.2 Å². The van der Waals surface area contributed by atoms with Crippen LogP contribution in [-0.4, -0.2) is 49.0 Å². The number of sulfonamides is 1. The van der Waals surface area contributed by atoms with Gasteiger partial charge in [-0.15, -0.1) is 0 Å². The minimum atomic E-state index is -3.78. The van der Waals surface area contributed by atoms with Crippen LogP contribution in [0.5, 0.6) is 0 Å². The van der Waals surface area contributed by atoms with Crippen molar-refractivity contribution in [3.63, 3.8) is 0 Å². The van der Waals surface area contributed by atoms with Crippen molar-refractivity contribution in [2.75, 3.05) is 31.2 Å². The zero-order chi connectivity index (χ0) is 18.3. The van der Waals surface area contributed by atoms with Crippen LogP contribution in [0.2, 0.25) is 10.0 Å². The molecule has 0 saturated carbocycles. The molecule has 1 aromatic carbocycles. The van der Waals surface area contributed by atoms with E-state index in [2.05, 4.69) is 9.97 Å². The Morgan fingerprint density at radius 3 is 2.65 bits per heavy atom. The van der Waals surface area contributed by atoms with E-state index in [9.17, 15) is 8.42 Å². The highest BCUT2D eigenvalue weighted by Gasteiger charge is 2.33. The maximum absolute atomic E-state index is 13.0. The molecule has 26 heavy (non-hydrogen) atoms. The molecule has 3 heterocycles. The molecule has 7 nitrogen and oxygen atoms in total. The molecule has 1 aromatic heterocycles. The van der Waals surface area contributed by atoms with Crippen LogP contribution in [0.1, 0.15) is 11.3 Å². The average molecular weight is 415 g/mol. The summed E-state index contributed by atoms with van der Waals surface area (Å²) in [5.74, 6) is 0.604. The maximum atomic E-state index is 13.0. The highest BCUT2D eigenvalue weighted by atomic mass is 35.5. The molecule has 10 heteroatoms. The first-order valence-electron chi connectivity index (χ1n) is 8.08. The monoisotopic (exact) mass is 414 g/mol. The van der Waals surface area contributed by atoms with Crippen LogP contribution in [0.15, 0.2) is 29.3 Å². The zero-order valence-electron chi connectivity index (χ0n) is 13.7. The number of rotatable bonds is 3. The Bertz CT molecular complexity index is 949. The Morgan fingerprint density at radius 2 is 1.88 bits per heavy atom. The van der Waals surface area contributed by atoms with Gasteiger partial charge in [0, 0.05) is 36.4 Å². The van der Waals surface area contributed by atoms with E-state index in [-0.39, 0.29) is 23.0 Å². The van der Waals surface area contributed by atoms with E-state index in [1.165, 1.54) is 16.4 Å². The largest absolute Gasteiger partial charge is 0.378 e. The molecule has 0 aliphatic carbocycles. The number of benzene rings is 1. The molecule has 2 aromatic rings. The SMILES string of the molecule is O=S(=O)(c1cc(Cl)ccc1Cl)N1Cc2cnc(N3CCOCC3)nc2C1. The van der Waals surface area contributed by atoms with Gasteiger partial charge in [0.2, 0.25) is 16.0 Å². The lowest BCUT2D eigenvalue weighted by atomic mass is 10.3. The molecule has 0 unspecified atom stereocenters. The van der Waals surface area contributed by atoms with Crippen LogP contribution < -0.4 is 4.90 Å². The van der Waals surface area contributed by atoms with Crippen molar-refractivity contribution in [3.05, 3.63) is 45.7 Å². The summed E-state index contributed by atoms with van der Waals surface area (Å²) < 4.78 is 32.6. The predicted octanol–water partition coefficient (Wildman–Crippen LogP) is 2.32. The molecule has 0 N–H and O–H groups in total. The number of morpholine rings is 1. The number of aromatic nitrogens is 2. The van der Waals surface area contributed by atoms with Crippen LogP contribution in [0.4, 0.5) is 5.95 Å². The Kier molecular flexibility index (Phi) is 4.79. The number of nitrogens with zero attached hydrogens (tertiary/aromatic N) is 4. The first-order chi connectivity index (χ1) is 12.4. The molecular formula is C16H16Cl2N4O3S. The predicted molar refractivity (Wildman–Crippen MR) is 98.0 cm³/mol. The summed E-state index contributed by atoms with van der Waals surface area (Å²) in [6.07, 6.45) is 1.70. The quantitative estimate of drug-likeness (QED) is 0.766. The highest BCUT2D eigenvalue weighted by Crippen LogP contribution is 2.32. The van der Waals surface area contributed by atoms with Crippen LogP contribution >= 0.6 is 23.2 Å². The molecule has 1 saturated heterocycles. The fraction of sp³-hybridized carbons (Fsp3) is 0.375. The van der Waals surface area contributed by atoms with Gasteiger partial charge in [-0.1, -0.05) is 23.2 Å². The topological polar surface area (TPSA) is 75.6 Å². The lowest BCUT2D eigenvalue weighted by Gasteiger charge is -2.26. The smallest absolute Gasteiger partial charge is 0.245 e. The van der Waals surface area contributed by atoms with Crippen molar-refractivity contribution in [3.8, 4) is 0 Å². The summed E-state index contributed by atoms with van der Waals surface area (Å²) in [6, 6.07) is 4.41. The van der Waals surface area contributed by atoms with Gasteiger partial charge in [0.25, 0.3) is 0 Å². The molecule has 2 aliphatic heterocycles. The number of hydrogen-bond acceptors (Lipinski definition) is 6. The number of halogens is 2. The molecule has 0 bridgehead atoms. The van der Waals surface area contributed by atoms with Crippen molar-refractivity contribution in [2.45, 2.75) is 18.0 Å². The van der Waals surface area contributed by atoms with Crippen molar-refractivity contribution in [1.29, 1.82) is 0 Å². The Balaban J connectivity index is 1.61. The highest BCUT2D eigenvalue weighted by molar-refractivity contribution is 7.89. The summed E-state index contributed by atoms with van der Waals surface area (Å²) >= 11 is 12.0. The van der Waals surface area contributed by atoms with Gasteiger partial charge in [-0.3, -0.25) is 0 Å². The lowest BCUT2D eigenvalue weighted by Crippen LogP contribution is -2.37. The Morgan fingerprint density at radius 1 is 1.12 bits per heavy atom. The van der Waals surface area contributed by atoms with E-state index >= 15 is 0 Å². The standard InChI is InChI=1S/C16H16Cl2N4O3S/c17-12-1-2-13(18)15(7-12)26(23,24)22-9-11-8-19-16(20-14(11)10-22)21-3-5-25-6-4-21/h1-2,7-8H,3-6,9-10H2. The third kappa shape index (κ3) is 3.27. The van der Waals surface area contributed by atoms with E-state index in [0.717, 1.165) is 18.7 Å². The van der Waals surface area contributed by atoms with Gasteiger partial charge < -0.3 is 9.64 Å². The summed E-state index contributed by atoms with van der Waals surface area (Å²) in [6.45, 7) is 3.10. The van der Waals surface area contributed by atoms with Crippen molar-refractivity contribution in [1.82, 2.24) is 14.3 Å². The summed E-state index contributed by atoms with van der Waals surface area (Å²) in [5.41, 5.74) is 1.51. The lowest BCUT2D eigenvalue weighted by molar-refractivity contribution is 0.122. The van der Waals surface area contributed by atoms with Gasteiger partial charge in [0.1, 0.15) is 4.90 Å². The molecule has 1 fully saturated rings. The summed E-state index contributed by atoms with van der Waals surface area (Å²) in [7, 11) is -3.78. The van der Waals surface area contributed by atoms with Crippen LogP contribution in [-0.2, 0) is 27.8 Å². The molecule has 0 radical (unpaired) electrons. The fourth-order valence-corrected chi connectivity index (χ4v) is 5.13. The summed E-state index contributed by atoms with van der Waals surface area (Å²) in [5, 5.41) is 0.463. The number of ether oxygens (including phenoxy) is 1. The fourth-order valence-electron chi connectivity index (χ4n) is 3.01. The molecule has 138 valence electrons. The minimum Gasteiger partial charge on any atom is -0.378 e. The summed E-state index contributed by atoms with van der Waals surface area (Å²) in [4.78, 5) is 11.0. The number of anilines is 1. The second-order valence-electron chi connectivity index (χ2n) is 6.09.